The van der Waals surface area contributed by atoms with Crippen molar-refractivity contribution in [3.63, 3.8) is 0 Å². The molecule has 0 saturated carbocycles. The molecule has 0 amide bonds. The summed E-state index contributed by atoms with van der Waals surface area (Å²) in [6.45, 7) is 56.9. The van der Waals surface area contributed by atoms with Crippen LogP contribution in [0.25, 0.3) is 75.9 Å². The quantitative estimate of drug-likeness (QED) is 0.149. The molecule has 14 rings (SSSR count). The summed E-state index contributed by atoms with van der Waals surface area (Å²) < 4.78 is 0. The summed E-state index contributed by atoms with van der Waals surface area (Å²) in [5.41, 5.74) is 21.3. The van der Waals surface area contributed by atoms with Gasteiger partial charge in [0, 0.05) is 97.7 Å². The van der Waals surface area contributed by atoms with Gasteiger partial charge in [0.05, 0.1) is 22.1 Å². The highest BCUT2D eigenvalue weighted by Crippen LogP contribution is 2.20. The third-order valence-corrected chi connectivity index (χ3v) is 13.9. The van der Waals surface area contributed by atoms with Gasteiger partial charge in [0.2, 0.25) is 0 Å². The molecule has 518 valence electrons. The Bertz CT molecular complexity index is 3760. The molecule has 0 saturated heterocycles. The number of aryl methyl sites for hydroxylation is 14. The third kappa shape index (κ3) is 30.2. The monoisotopic (exact) mass is 1310 g/mol. The molecule has 7 aromatic carbocycles. The van der Waals surface area contributed by atoms with E-state index in [-0.39, 0.29) is 0 Å². The number of rotatable bonds is 0. The SMILES string of the molecule is CC.CC.CC.CC.CC.CC.CC.Cc1ccc2cc(C)ncc2c1.Cc1ccc2cc(C)ncc2c1.Cc1ccc2cnc(C)cc2c1.Cc1ccc2nc(C)ccc2c1.Cc1ccc2ncc(C)cc2c1.Cc1ccc2ncc(C)cc2c1.Cc1cnc2cc(C)ccc2c1. The van der Waals surface area contributed by atoms with Crippen LogP contribution < -0.4 is 0 Å². The van der Waals surface area contributed by atoms with Crippen LogP contribution in [-0.4, -0.2) is 34.9 Å². The van der Waals surface area contributed by atoms with Crippen molar-refractivity contribution in [2.45, 2.75) is 194 Å². The number of benzene rings is 7. The van der Waals surface area contributed by atoms with Crippen molar-refractivity contribution in [2.75, 3.05) is 0 Å². The summed E-state index contributed by atoms with van der Waals surface area (Å²) in [4.78, 5) is 30.1. The third-order valence-electron chi connectivity index (χ3n) is 13.9. The average molecular weight is 1310 g/mol. The summed E-state index contributed by atoms with van der Waals surface area (Å²) in [5.74, 6) is 0. The van der Waals surface area contributed by atoms with E-state index < -0.39 is 0 Å². The Morgan fingerprint density at radius 2 is 0.408 bits per heavy atom. The minimum absolute atomic E-state index is 1.08. The van der Waals surface area contributed by atoms with Gasteiger partial charge < -0.3 is 0 Å². The van der Waals surface area contributed by atoms with E-state index in [0.29, 0.717) is 0 Å². The topological polar surface area (TPSA) is 90.2 Å². The van der Waals surface area contributed by atoms with Crippen LogP contribution in [0.5, 0.6) is 0 Å². The van der Waals surface area contributed by atoms with Gasteiger partial charge in [-0.2, -0.15) is 0 Å². The van der Waals surface area contributed by atoms with Gasteiger partial charge in [-0.3, -0.25) is 34.9 Å². The number of nitrogens with zero attached hydrogens (tertiary/aromatic N) is 7. The molecule has 0 aliphatic heterocycles. The van der Waals surface area contributed by atoms with E-state index in [1.54, 1.807) is 0 Å². The number of pyridine rings is 7. The number of fused-ring (bicyclic) bond motifs is 7. The molecule has 0 bridgehead atoms. The van der Waals surface area contributed by atoms with Crippen molar-refractivity contribution < 1.29 is 0 Å². The van der Waals surface area contributed by atoms with E-state index in [0.717, 1.165) is 44.8 Å². The summed E-state index contributed by atoms with van der Waals surface area (Å²) in [6, 6.07) is 61.5. The van der Waals surface area contributed by atoms with Crippen LogP contribution in [0.4, 0.5) is 0 Å². The van der Waals surface area contributed by atoms with Crippen molar-refractivity contribution in [1.29, 1.82) is 0 Å². The zero-order chi connectivity index (χ0) is 73.9. The largest absolute Gasteiger partial charge is 0.261 e. The second-order valence-corrected chi connectivity index (χ2v) is 22.3. The van der Waals surface area contributed by atoms with E-state index in [1.807, 2.05) is 168 Å². The van der Waals surface area contributed by atoms with Gasteiger partial charge in [-0.15, -0.1) is 0 Å². The number of aromatic nitrogens is 7. The Morgan fingerprint density at radius 1 is 0.153 bits per heavy atom. The van der Waals surface area contributed by atoms with E-state index in [4.69, 9.17) is 0 Å². The highest BCUT2D eigenvalue weighted by Gasteiger charge is 2.00. The lowest BCUT2D eigenvalue weighted by Gasteiger charge is -1.99. The summed E-state index contributed by atoms with van der Waals surface area (Å²) in [5, 5.41) is 12.4. The molecule has 0 radical (unpaired) electrons. The van der Waals surface area contributed by atoms with E-state index >= 15 is 0 Å². The van der Waals surface area contributed by atoms with Crippen molar-refractivity contribution in [3.8, 4) is 0 Å². The van der Waals surface area contributed by atoms with Gasteiger partial charge in [0.25, 0.3) is 0 Å². The molecular formula is C91H119N7. The fraction of sp³-hybridized carbons (Fsp3) is 0.308. The molecule has 7 heteroatoms. The molecule has 7 nitrogen and oxygen atoms in total. The molecule has 0 fully saturated rings. The normalized spacial score (nSPS) is 9.43. The van der Waals surface area contributed by atoms with Gasteiger partial charge in [-0.1, -0.05) is 209 Å². The first-order chi connectivity index (χ1) is 47.3. The lowest BCUT2D eigenvalue weighted by Crippen LogP contribution is -1.82. The molecule has 0 unspecified atom stereocenters. The number of hydrogen-bond donors (Lipinski definition) is 0. The molecular weight excluding hydrogens is 1190 g/mol. The van der Waals surface area contributed by atoms with Gasteiger partial charge in [0.1, 0.15) is 0 Å². The fourth-order valence-electron chi connectivity index (χ4n) is 9.52. The maximum absolute atomic E-state index is 4.42. The lowest BCUT2D eigenvalue weighted by molar-refractivity contribution is 1.22. The zero-order valence-corrected chi connectivity index (χ0v) is 65.3. The first-order valence-electron chi connectivity index (χ1n) is 35.6. The van der Waals surface area contributed by atoms with Crippen molar-refractivity contribution >= 4 is 75.9 Å². The Hall–Kier alpha value is -9.59. The second-order valence-electron chi connectivity index (χ2n) is 22.3. The highest BCUT2D eigenvalue weighted by molar-refractivity contribution is 5.85. The van der Waals surface area contributed by atoms with Crippen LogP contribution in [0.3, 0.4) is 0 Å². The summed E-state index contributed by atoms with van der Waals surface area (Å²) >= 11 is 0. The fourth-order valence-corrected chi connectivity index (χ4v) is 9.52. The molecule has 0 aliphatic rings. The van der Waals surface area contributed by atoms with E-state index in [2.05, 4.69) is 274 Å². The van der Waals surface area contributed by atoms with Crippen molar-refractivity contribution in [3.05, 3.63) is 292 Å². The van der Waals surface area contributed by atoms with Crippen LogP contribution in [0.1, 0.15) is 175 Å². The Labute approximate surface area is 592 Å². The van der Waals surface area contributed by atoms with Gasteiger partial charge in [0.15, 0.2) is 0 Å². The van der Waals surface area contributed by atoms with Crippen LogP contribution in [0.2, 0.25) is 0 Å². The lowest BCUT2D eigenvalue weighted by atomic mass is 10.1. The van der Waals surface area contributed by atoms with Crippen molar-refractivity contribution in [1.82, 2.24) is 34.9 Å². The Balaban J connectivity index is 0.000000554. The molecule has 0 aliphatic carbocycles. The standard InChI is InChI=1S/7C11H11N.7C2H6/c1-8-3-6-11-10(7-8)5-4-9(2)12-11;1-8-3-4-10-5-9(2)7-12-11(10)6-8;1-8-3-4-10-7-12-9(2)6-11(10)5-8;2*1-8-3-4-10-6-9(2)12-7-11(10)5-8;2*1-8-3-4-11-10(5-8)6-9(2)7-12-11;7*1-2/h7*3-7H,1-2H3;7*1-2H3. The Morgan fingerprint density at radius 3 is 0.816 bits per heavy atom. The highest BCUT2D eigenvalue weighted by atomic mass is 14.7. The Kier molecular flexibility index (Phi) is 42.5. The second kappa shape index (κ2) is 48.2. The average Bonchev–Trinajstić information content (AvgIpc) is 0.947. The van der Waals surface area contributed by atoms with Gasteiger partial charge in [-0.05, 0) is 232 Å². The number of hydrogen-bond acceptors (Lipinski definition) is 7. The molecule has 7 aromatic heterocycles. The molecule has 0 atom stereocenters. The van der Waals surface area contributed by atoms with Crippen LogP contribution in [-0.2, 0) is 0 Å². The first-order valence-corrected chi connectivity index (χ1v) is 35.6. The smallest absolute Gasteiger partial charge is 0.0705 e. The van der Waals surface area contributed by atoms with E-state index in [9.17, 15) is 0 Å². The molecule has 14 aromatic rings. The minimum atomic E-state index is 1.08. The van der Waals surface area contributed by atoms with Gasteiger partial charge in [-0.25, -0.2) is 0 Å². The molecule has 7 heterocycles. The van der Waals surface area contributed by atoms with Crippen LogP contribution in [0, 0.1) is 96.9 Å². The first kappa shape index (κ1) is 86.4. The summed E-state index contributed by atoms with van der Waals surface area (Å²) in [7, 11) is 0. The maximum atomic E-state index is 4.42. The predicted octanol–water partition coefficient (Wildman–Crippen LogP) is 27.1. The predicted molar refractivity (Wildman–Crippen MR) is 438 cm³/mol. The molecule has 0 N–H and O–H groups in total. The summed E-state index contributed by atoms with van der Waals surface area (Å²) in [6.07, 6.45) is 11.5. The van der Waals surface area contributed by atoms with Gasteiger partial charge >= 0.3 is 0 Å². The maximum Gasteiger partial charge on any atom is 0.0705 e. The molecule has 0 spiro atoms. The zero-order valence-electron chi connectivity index (χ0n) is 65.3. The van der Waals surface area contributed by atoms with E-state index in [1.165, 1.54) is 109 Å². The minimum Gasteiger partial charge on any atom is -0.261 e. The van der Waals surface area contributed by atoms with Crippen molar-refractivity contribution in [2.24, 2.45) is 0 Å². The van der Waals surface area contributed by atoms with Crippen LogP contribution >= 0.6 is 0 Å². The molecule has 98 heavy (non-hydrogen) atoms. The van der Waals surface area contributed by atoms with Crippen LogP contribution in [0.15, 0.2) is 213 Å².